The molecule has 0 radical (unpaired) electrons. The molecule has 4 saturated carbocycles. The number of esters is 1. The van der Waals surface area contributed by atoms with Gasteiger partial charge in [0.1, 0.15) is 6.04 Å². The molecule has 0 spiro atoms. The summed E-state index contributed by atoms with van der Waals surface area (Å²) in [5.74, 6) is 0.991. The summed E-state index contributed by atoms with van der Waals surface area (Å²) < 4.78 is 5.62. The summed E-state index contributed by atoms with van der Waals surface area (Å²) >= 11 is 1.31. The van der Waals surface area contributed by atoms with E-state index >= 15 is 0 Å². The molecule has 6 nitrogen and oxygen atoms in total. The van der Waals surface area contributed by atoms with Crippen LogP contribution in [0.1, 0.15) is 60.7 Å². The molecule has 2 atom stereocenters. The standard InChI is InChI=1S/C27H32N2O4S/c1-17(24(30)29-27-14-19-10-20(15-27)12-21(11-19)16-27)33-26(32)22(13-18-6-3-2-4-7-18)28-25(31)23-8-5-9-34-23/h2-9,17,19-22H,10-16H2,1H3,(H,28,31)(H,29,30)/t17-,19?,20?,21?,22-,27?/m0/s1. The number of hydrogen-bond donors (Lipinski definition) is 2. The van der Waals surface area contributed by atoms with Gasteiger partial charge in [0.05, 0.1) is 4.88 Å². The van der Waals surface area contributed by atoms with Gasteiger partial charge in [-0.3, -0.25) is 9.59 Å². The molecule has 1 aromatic carbocycles. The first-order valence-electron chi connectivity index (χ1n) is 12.3. The zero-order valence-electron chi connectivity index (χ0n) is 19.5. The topological polar surface area (TPSA) is 84.5 Å². The quantitative estimate of drug-likeness (QED) is 0.557. The number of benzene rings is 1. The molecule has 2 N–H and O–H groups in total. The number of hydrogen-bond acceptors (Lipinski definition) is 5. The number of carbonyl (C=O) groups is 3. The Labute approximate surface area is 204 Å². The third-order valence-electron chi connectivity index (χ3n) is 7.71. The second-order valence-electron chi connectivity index (χ2n) is 10.5. The van der Waals surface area contributed by atoms with Crippen molar-refractivity contribution in [3.8, 4) is 0 Å². The van der Waals surface area contributed by atoms with Crippen molar-refractivity contribution in [1.82, 2.24) is 10.6 Å². The van der Waals surface area contributed by atoms with Crippen LogP contribution in [0.4, 0.5) is 0 Å². The van der Waals surface area contributed by atoms with E-state index in [1.54, 1.807) is 19.1 Å². The molecular weight excluding hydrogens is 448 g/mol. The van der Waals surface area contributed by atoms with Gasteiger partial charge in [0.15, 0.2) is 6.10 Å². The first-order chi connectivity index (χ1) is 16.4. The first-order valence-corrected chi connectivity index (χ1v) is 13.2. The first kappa shape index (κ1) is 23.1. The zero-order chi connectivity index (χ0) is 23.7. The van der Waals surface area contributed by atoms with Gasteiger partial charge in [0.2, 0.25) is 0 Å². The fourth-order valence-corrected chi connectivity index (χ4v) is 7.24. The molecule has 6 rings (SSSR count). The van der Waals surface area contributed by atoms with Crippen molar-refractivity contribution in [2.45, 2.75) is 69.6 Å². The van der Waals surface area contributed by atoms with E-state index in [9.17, 15) is 14.4 Å². The van der Waals surface area contributed by atoms with Crippen molar-refractivity contribution >= 4 is 29.1 Å². The average Bonchev–Trinajstić information content (AvgIpc) is 3.33. The van der Waals surface area contributed by atoms with Gasteiger partial charge >= 0.3 is 5.97 Å². The molecule has 4 fully saturated rings. The fourth-order valence-electron chi connectivity index (χ4n) is 6.62. The van der Waals surface area contributed by atoms with Crippen molar-refractivity contribution in [1.29, 1.82) is 0 Å². The van der Waals surface area contributed by atoms with E-state index in [4.69, 9.17) is 4.74 Å². The SMILES string of the molecule is C[C@H](OC(=O)[C@H](Cc1ccccc1)NC(=O)c1cccs1)C(=O)NC12CC3CC(CC(C3)C1)C2. The van der Waals surface area contributed by atoms with Crippen LogP contribution in [0, 0.1) is 17.8 Å². The lowest BCUT2D eigenvalue weighted by Gasteiger charge is -2.57. The normalized spacial score (nSPS) is 28.7. The molecule has 4 aliphatic carbocycles. The maximum Gasteiger partial charge on any atom is 0.329 e. The Morgan fingerprint density at radius 1 is 1.00 bits per heavy atom. The van der Waals surface area contributed by atoms with Gasteiger partial charge < -0.3 is 15.4 Å². The predicted molar refractivity (Wildman–Crippen MR) is 130 cm³/mol. The van der Waals surface area contributed by atoms with E-state index in [-0.39, 0.29) is 17.4 Å². The maximum atomic E-state index is 13.1. The second-order valence-corrected chi connectivity index (χ2v) is 11.4. The highest BCUT2D eigenvalue weighted by Gasteiger charge is 2.51. The summed E-state index contributed by atoms with van der Waals surface area (Å²) in [4.78, 5) is 39.4. The van der Waals surface area contributed by atoms with E-state index in [2.05, 4.69) is 10.6 Å². The van der Waals surface area contributed by atoms with Crippen LogP contribution in [0.25, 0.3) is 0 Å². The number of ether oxygens (including phenoxy) is 1. The third kappa shape index (κ3) is 5.04. The number of amides is 2. The zero-order valence-corrected chi connectivity index (χ0v) is 20.3. The molecule has 7 heteroatoms. The van der Waals surface area contributed by atoms with Crippen LogP contribution in [0.5, 0.6) is 0 Å². The van der Waals surface area contributed by atoms with Crippen molar-refractivity contribution < 1.29 is 19.1 Å². The monoisotopic (exact) mass is 480 g/mol. The average molecular weight is 481 g/mol. The van der Waals surface area contributed by atoms with Gasteiger partial charge in [-0.2, -0.15) is 0 Å². The minimum Gasteiger partial charge on any atom is -0.451 e. The lowest BCUT2D eigenvalue weighted by molar-refractivity contribution is -0.158. The third-order valence-corrected chi connectivity index (χ3v) is 8.57. The van der Waals surface area contributed by atoms with E-state index in [1.807, 2.05) is 35.7 Å². The lowest BCUT2D eigenvalue weighted by atomic mass is 9.53. The molecule has 4 bridgehead atoms. The van der Waals surface area contributed by atoms with Crippen LogP contribution in [0.3, 0.4) is 0 Å². The Kier molecular flexibility index (Phi) is 6.47. The molecule has 0 saturated heterocycles. The van der Waals surface area contributed by atoms with Gasteiger partial charge in [-0.15, -0.1) is 11.3 Å². The molecule has 34 heavy (non-hydrogen) atoms. The van der Waals surface area contributed by atoms with E-state index < -0.39 is 18.1 Å². The summed E-state index contributed by atoms with van der Waals surface area (Å²) in [5.41, 5.74) is 0.769. The highest BCUT2D eigenvalue weighted by atomic mass is 32.1. The summed E-state index contributed by atoms with van der Waals surface area (Å²) in [6, 6.07) is 12.1. The molecule has 1 heterocycles. The molecule has 2 amide bonds. The number of rotatable bonds is 8. The maximum absolute atomic E-state index is 13.1. The van der Waals surface area contributed by atoms with Crippen LogP contribution >= 0.6 is 11.3 Å². The Bertz CT molecular complexity index is 1000. The van der Waals surface area contributed by atoms with Crippen molar-refractivity contribution in [3.05, 3.63) is 58.3 Å². The van der Waals surface area contributed by atoms with Crippen LogP contribution in [-0.2, 0) is 20.7 Å². The smallest absolute Gasteiger partial charge is 0.329 e. The Hall–Kier alpha value is -2.67. The van der Waals surface area contributed by atoms with Crippen LogP contribution in [-0.4, -0.2) is 35.5 Å². The largest absolute Gasteiger partial charge is 0.451 e. The predicted octanol–water partition coefficient (Wildman–Crippen LogP) is 4.11. The van der Waals surface area contributed by atoms with E-state index in [1.165, 1.54) is 30.6 Å². The molecule has 0 unspecified atom stereocenters. The highest BCUT2D eigenvalue weighted by molar-refractivity contribution is 7.12. The Morgan fingerprint density at radius 2 is 1.65 bits per heavy atom. The molecule has 2 aromatic rings. The number of carbonyl (C=O) groups excluding carboxylic acids is 3. The number of thiophene rings is 1. The molecule has 0 aliphatic heterocycles. The second kappa shape index (κ2) is 9.53. The van der Waals surface area contributed by atoms with Crippen LogP contribution < -0.4 is 10.6 Å². The van der Waals surface area contributed by atoms with Gasteiger partial charge in [-0.25, -0.2) is 4.79 Å². The van der Waals surface area contributed by atoms with Crippen LogP contribution in [0.15, 0.2) is 47.8 Å². The van der Waals surface area contributed by atoms with Crippen molar-refractivity contribution in [2.75, 3.05) is 0 Å². The summed E-state index contributed by atoms with van der Waals surface area (Å²) in [6.07, 6.45) is 6.38. The summed E-state index contributed by atoms with van der Waals surface area (Å²) in [6.45, 7) is 1.62. The molecular formula is C27H32N2O4S. The summed E-state index contributed by atoms with van der Waals surface area (Å²) in [5, 5.41) is 7.90. The lowest BCUT2D eigenvalue weighted by Crippen LogP contribution is -2.61. The Balaban J connectivity index is 1.23. The van der Waals surface area contributed by atoms with Crippen LogP contribution in [0.2, 0.25) is 0 Å². The van der Waals surface area contributed by atoms with Crippen molar-refractivity contribution in [3.63, 3.8) is 0 Å². The van der Waals surface area contributed by atoms with Gasteiger partial charge in [-0.05, 0) is 80.2 Å². The van der Waals surface area contributed by atoms with Crippen molar-refractivity contribution in [2.24, 2.45) is 17.8 Å². The Morgan fingerprint density at radius 3 is 2.24 bits per heavy atom. The minimum absolute atomic E-state index is 0.136. The molecule has 180 valence electrons. The van der Waals surface area contributed by atoms with E-state index in [0.29, 0.717) is 29.1 Å². The number of nitrogens with one attached hydrogen (secondary N) is 2. The van der Waals surface area contributed by atoms with Gasteiger partial charge in [0, 0.05) is 12.0 Å². The highest BCUT2D eigenvalue weighted by Crippen LogP contribution is 2.55. The van der Waals surface area contributed by atoms with E-state index in [0.717, 1.165) is 24.8 Å². The molecule has 4 aliphatic rings. The fraction of sp³-hybridized carbons (Fsp3) is 0.519. The van der Waals surface area contributed by atoms with Gasteiger partial charge in [-0.1, -0.05) is 36.4 Å². The summed E-state index contributed by atoms with van der Waals surface area (Å²) in [7, 11) is 0. The minimum atomic E-state index is -0.919. The molecule has 1 aromatic heterocycles. The van der Waals surface area contributed by atoms with Gasteiger partial charge in [0.25, 0.3) is 11.8 Å².